The second-order valence-electron chi connectivity index (χ2n) is 6.40. The fraction of sp³-hybridized carbons (Fsp3) is 0.389. The zero-order valence-electron chi connectivity index (χ0n) is 14.9. The first-order valence-electron chi connectivity index (χ1n) is 8.55. The summed E-state index contributed by atoms with van der Waals surface area (Å²) in [6.45, 7) is 1.34. The van der Waals surface area contributed by atoms with Crippen molar-refractivity contribution in [2.75, 3.05) is 26.7 Å². The fourth-order valence-electron chi connectivity index (χ4n) is 3.03. The Labute approximate surface area is 157 Å². The third kappa shape index (κ3) is 4.48. The van der Waals surface area contributed by atoms with Crippen molar-refractivity contribution in [3.63, 3.8) is 0 Å². The normalized spacial score (nSPS) is 15.7. The number of furan rings is 1. The van der Waals surface area contributed by atoms with Crippen LogP contribution in [0.5, 0.6) is 5.75 Å². The number of methoxy groups -OCH3 is 1. The van der Waals surface area contributed by atoms with Gasteiger partial charge in [-0.1, -0.05) is 0 Å². The first-order chi connectivity index (χ1) is 12.9. The van der Waals surface area contributed by atoms with Gasteiger partial charge in [0, 0.05) is 19.6 Å². The number of hydrogen-bond donors (Lipinski definition) is 1. The predicted molar refractivity (Wildman–Crippen MR) is 95.5 cm³/mol. The molecule has 0 bridgehead atoms. The van der Waals surface area contributed by atoms with E-state index in [1.807, 2.05) is 0 Å². The van der Waals surface area contributed by atoms with Gasteiger partial charge in [0.25, 0.3) is 5.91 Å². The SMILES string of the molecule is COc1ccc(S(=O)(=O)NCC2CCN(C(=O)c3ccoc3)CC2)cc1F. The Balaban J connectivity index is 1.53. The van der Waals surface area contributed by atoms with Crippen LogP contribution in [0.25, 0.3) is 0 Å². The lowest BCUT2D eigenvalue weighted by Gasteiger charge is -2.31. The smallest absolute Gasteiger partial charge is 0.257 e. The topological polar surface area (TPSA) is 88.9 Å². The van der Waals surface area contributed by atoms with Crippen molar-refractivity contribution in [3.05, 3.63) is 48.2 Å². The summed E-state index contributed by atoms with van der Waals surface area (Å²) in [7, 11) is -2.50. The molecular weight excluding hydrogens is 375 g/mol. The predicted octanol–water partition coefficient (Wildman–Crippen LogP) is 2.26. The number of sulfonamides is 1. The Hall–Kier alpha value is -2.39. The number of hydrogen-bond acceptors (Lipinski definition) is 5. The second-order valence-corrected chi connectivity index (χ2v) is 8.16. The average Bonchev–Trinajstić information content (AvgIpc) is 3.21. The first-order valence-corrected chi connectivity index (χ1v) is 10.0. The van der Waals surface area contributed by atoms with Crippen molar-refractivity contribution in [1.29, 1.82) is 0 Å². The summed E-state index contributed by atoms with van der Waals surface area (Å²) >= 11 is 0. The quantitative estimate of drug-likeness (QED) is 0.809. The lowest BCUT2D eigenvalue weighted by molar-refractivity contribution is 0.0691. The first kappa shape index (κ1) is 19.4. The molecule has 1 saturated heterocycles. The van der Waals surface area contributed by atoms with Crippen molar-refractivity contribution in [2.45, 2.75) is 17.7 Å². The van der Waals surface area contributed by atoms with Crippen LogP contribution in [0.1, 0.15) is 23.2 Å². The van der Waals surface area contributed by atoms with Gasteiger partial charge in [0.1, 0.15) is 6.26 Å². The third-order valence-corrected chi connectivity index (χ3v) is 6.09. The maximum absolute atomic E-state index is 13.7. The van der Waals surface area contributed by atoms with Crippen molar-refractivity contribution in [3.8, 4) is 5.75 Å². The summed E-state index contributed by atoms with van der Waals surface area (Å²) in [5.41, 5.74) is 0.510. The standard InChI is InChI=1S/C18H21FN2O5S/c1-25-17-3-2-15(10-16(17)19)27(23,24)20-11-13-4-7-21(8-5-13)18(22)14-6-9-26-12-14/h2-3,6,9-10,12-13,20H,4-5,7-8,11H2,1H3. The van der Waals surface area contributed by atoms with Gasteiger partial charge in [-0.3, -0.25) is 4.79 Å². The van der Waals surface area contributed by atoms with Gasteiger partial charge in [-0.2, -0.15) is 0 Å². The van der Waals surface area contributed by atoms with E-state index in [-0.39, 0.29) is 29.0 Å². The minimum atomic E-state index is -3.81. The molecule has 2 heterocycles. The number of halogens is 1. The maximum Gasteiger partial charge on any atom is 0.257 e. The van der Waals surface area contributed by atoms with E-state index >= 15 is 0 Å². The number of nitrogens with zero attached hydrogens (tertiary/aromatic N) is 1. The number of benzene rings is 1. The largest absolute Gasteiger partial charge is 0.494 e. The minimum Gasteiger partial charge on any atom is -0.494 e. The number of nitrogens with one attached hydrogen (secondary N) is 1. The Kier molecular flexibility index (Phi) is 5.81. The third-order valence-electron chi connectivity index (χ3n) is 4.67. The highest BCUT2D eigenvalue weighted by Crippen LogP contribution is 2.22. The molecule has 1 amide bonds. The van der Waals surface area contributed by atoms with E-state index in [2.05, 4.69) is 4.72 Å². The summed E-state index contributed by atoms with van der Waals surface area (Å²) in [5.74, 6) is -0.720. The monoisotopic (exact) mass is 396 g/mol. The number of rotatable bonds is 6. The molecule has 1 aliphatic rings. The van der Waals surface area contributed by atoms with Gasteiger partial charge in [0.2, 0.25) is 10.0 Å². The van der Waals surface area contributed by atoms with Gasteiger partial charge >= 0.3 is 0 Å². The molecule has 1 aliphatic heterocycles. The summed E-state index contributed by atoms with van der Waals surface area (Å²) < 4.78 is 50.7. The van der Waals surface area contributed by atoms with E-state index in [9.17, 15) is 17.6 Å². The molecule has 1 N–H and O–H groups in total. The summed E-state index contributed by atoms with van der Waals surface area (Å²) in [6.07, 6.45) is 4.24. The van der Waals surface area contributed by atoms with E-state index in [1.165, 1.54) is 31.8 Å². The maximum atomic E-state index is 13.7. The highest BCUT2D eigenvalue weighted by molar-refractivity contribution is 7.89. The van der Waals surface area contributed by atoms with E-state index in [1.54, 1.807) is 11.0 Å². The molecule has 0 unspecified atom stereocenters. The van der Waals surface area contributed by atoms with Crippen LogP contribution in [-0.2, 0) is 10.0 Å². The lowest BCUT2D eigenvalue weighted by Crippen LogP contribution is -2.41. The number of amides is 1. The van der Waals surface area contributed by atoms with Gasteiger partial charge in [-0.05, 0) is 43.0 Å². The van der Waals surface area contributed by atoms with Crippen LogP contribution in [0.2, 0.25) is 0 Å². The molecule has 146 valence electrons. The Morgan fingerprint density at radius 2 is 2.07 bits per heavy atom. The van der Waals surface area contributed by atoms with Crippen molar-refractivity contribution >= 4 is 15.9 Å². The molecule has 0 atom stereocenters. The molecule has 2 aromatic rings. The summed E-state index contributed by atoms with van der Waals surface area (Å²) in [5, 5.41) is 0. The Bertz CT molecular complexity index is 890. The van der Waals surface area contributed by atoms with Gasteiger partial charge in [0.05, 0.1) is 23.8 Å². The van der Waals surface area contributed by atoms with Gasteiger partial charge in [-0.15, -0.1) is 0 Å². The van der Waals surface area contributed by atoms with Crippen molar-refractivity contribution < 1.29 is 26.8 Å². The zero-order valence-corrected chi connectivity index (χ0v) is 15.7. The second kappa shape index (κ2) is 8.10. The molecule has 27 heavy (non-hydrogen) atoms. The highest BCUT2D eigenvalue weighted by atomic mass is 32.2. The van der Waals surface area contributed by atoms with Crippen LogP contribution in [0.4, 0.5) is 4.39 Å². The van der Waals surface area contributed by atoms with E-state index in [0.717, 1.165) is 6.07 Å². The van der Waals surface area contributed by atoms with Crippen molar-refractivity contribution in [1.82, 2.24) is 9.62 Å². The summed E-state index contributed by atoms with van der Waals surface area (Å²) in [6, 6.07) is 5.14. The van der Waals surface area contributed by atoms with Gasteiger partial charge < -0.3 is 14.1 Å². The average molecular weight is 396 g/mol. The molecule has 1 aromatic carbocycles. The molecule has 7 nitrogen and oxygen atoms in total. The molecule has 0 aliphatic carbocycles. The minimum absolute atomic E-state index is 0.0105. The van der Waals surface area contributed by atoms with Crippen LogP contribution in [0.15, 0.2) is 46.1 Å². The number of ether oxygens (including phenoxy) is 1. The molecule has 9 heteroatoms. The number of carbonyl (C=O) groups is 1. The Morgan fingerprint density at radius 1 is 1.33 bits per heavy atom. The number of carbonyl (C=O) groups excluding carboxylic acids is 1. The van der Waals surface area contributed by atoms with E-state index < -0.39 is 15.8 Å². The van der Waals surface area contributed by atoms with Crippen LogP contribution in [-0.4, -0.2) is 46.0 Å². The molecule has 1 fully saturated rings. The molecule has 0 spiro atoms. The molecule has 3 rings (SSSR count). The van der Waals surface area contributed by atoms with E-state index in [0.29, 0.717) is 31.5 Å². The number of likely N-dealkylation sites (tertiary alicyclic amines) is 1. The van der Waals surface area contributed by atoms with Crippen LogP contribution in [0, 0.1) is 11.7 Å². The van der Waals surface area contributed by atoms with Crippen LogP contribution >= 0.6 is 0 Å². The zero-order chi connectivity index (χ0) is 19.4. The van der Waals surface area contributed by atoms with Crippen LogP contribution in [0.3, 0.4) is 0 Å². The van der Waals surface area contributed by atoms with Gasteiger partial charge in [0.15, 0.2) is 11.6 Å². The molecule has 0 saturated carbocycles. The van der Waals surface area contributed by atoms with Crippen molar-refractivity contribution in [2.24, 2.45) is 5.92 Å². The van der Waals surface area contributed by atoms with E-state index in [4.69, 9.17) is 9.15 Å². The molecular formula is C18H21FN2O5S. The summed E-state index contributed by atoms with van der Waals surface area (Å²) in [4.78, 5) is 13.8. The Morgan fingerprint density at radius 3 is 2.67 bits per heavy atom. The lowest BCUT2D eigenvalue weighted by atomic mass is 9.97. The number of piperidine rings is 1. The molecule has 0 radical (unpaired) electrons. The van der Waals surface area contributed by atoms with Gasteiger partial charge in [-0.25, -0.2) is 17.5 Å². The molecule has 1 aromatic heterocycles. The highest BCUT2D eigenvalue weighted by Gasteiger charge is 2.25. The van der Waals surface area contributed by atoms with Crippen LogP contribution < -0.4 is 9.46 Å². The fourth-order valence-corrected chi connectivity index (χ4v) is 4.16.